The lowest BCUT2D eigenvalue weighted by molar-refractivity contribution is -0.181. The number of likely N-dealkylation sites (N-methyl/N-ethyl adjacent to an activating group) is 1. The van der Waals surface area contributed by atoms with E-state index >= 15 is 0 Å². The zero-order valence-corrected chi connectivity index (χ0v) is 33.5. The first-order valence-electron chi connectivity index (χ1n) is 19.4. The van der Waals surface area contributed by atoms with E-state index in [9.17, 15) is 19.8 Å². The highest BCUT2D eigenvalue weighted by molar-refractivity contribution is 7.99. The van der Waals surface area contributed by atoms with Crippen molar-refractivity contribution in [1.29, 1.82) is 0 Å². The third-order valence-corrected chi connectivity index (χ3v) is 14.7. The number of nitrogens with one attached hydrogen (secondary N) is 2. The summed E-state index contributed by atoms with van der Waals surface area (Å²) in [4.78, 5) is 35.8. The largest absolute Gasteiger partial charge is 0.504 e. The molecule has 10 rings (SSSR count). The van der Waals surface area contributed by atoms with Crippen LogP contribution in [0.4, 0.5) is 0 Å². The highest BCUT2D eigenvalue weighted by atomic mass is 32.2. The molecule has 4 aromatic rings. The van der Waals surface area contributed by atoms with Crippen molar-refractivity contribution in [2.75, 3.05) is 53.6 Å². The summed E-state index contributed by atoms with van der Waals surface area (Å²) in [7, 11) is 5.18. The van der Waals surface area contributed by atoms with Crippen molar-refractivity contribution in [2.24, 2.45) is 0 Å². The van der Waals surface area contributed by atoms with Crippen molar-refractivity contribution in [3.05, 3.63) is 68.9 Å². The Labute approximate surface area is 333 Å². The van der Waals surface area contributed by atoms with Crippen LogP contribution in [0.15, 0.2) is 24.3 Å². The van der Waals surface area contributed by atoms with E-state index in [1.807, 2.05) is 39.1 Å². The molecule has 7 atom stereocenters. The number of aliphatic hydroxyl groups is 1. The summed E-state index contributed by atoms with van der Waals surface area (Å²) in [6.07, 6.45) is 0.182. The number of H-pyrrole nitrogens is 1. The summed E-state index contributed by atoms with van der Waals surface area (Å²) < 4.78 is 36.4. The lowest BCUT2D eigenvalue weighted by atomic mass is 9.73. The smallest absolute Gasteiger partial charge is 0.308 e. The fourth-order valence-electron chi connectivity index (χ4n) is 10.8. The second-order valence-corrected chi connectivity index (χ2v) is 17.1. The quantitative estimate of drug-likeness (QED) is 0.172. The molecule has 1 saturated heterocycles. The molecule has 0 saturated carbocycles. The van der Waals surface area contributed by atoms with Gasteiger partial charge in [0.25, 0.3) is 0 Å². The predicted octanol–water partition coefficient (Wildman–Crippen LogP) is 4.23. The number of aryl methyl sites for hydroxylation is 1. The van der Waals surface area contributed by atoms with Crippen LogP contribution in [-0.4, -0.2) is 109 Å². The number of hydrogen-bond donors (Lipinski definition) is 4. The molecule has 0 aliphatic carbocycles. The maximum Gasteiger partial charge on any atom is 0.308 e. The minimum absolute atomic E-state index is 0.00804. The summed E-state index contributed by atoms with van der Waals surface area (Å²) in [6.45, 7) is 5.46. The Morgan fingerprint density at radius 1 is 1.07 bits per heavy atom. The minimum Gasteiger partial charge on any atom is -0.504 e. The maximum atomic E-state index is 14.9. The average molecular weight is 799 g/mol. The standard InChI is InChI=1S/C42H46N4O10S/c1-18-11-21-12-26-41(50)46-27-14-53-15-28(48)42(40-23(9-10-43-42)24-13-22(51-5)7-8-25(24)44-40)16-57-39(33(46)32(45(26)4)29(21)34(49)35(18)52-6)31-30(27)38-37(54-17-55-38)19(2)36(31)56-20(3)47/h7-8,11,13,26-27,32-33,39,41,43-44,49-50H,9-10,12,14-17H2,1-6H3/t26-,27+,32+,33?,39-,41+,42+/m1/s1. The van der Waals surface area contributed by atoms with Gasteiger partial charge in [-0.1, -0.05) is 6.07 Å². The Morgan fingerprint density at radius 2 is 1.88 bits per heavy atom. The second kappa shape index (κ2) is 13.3. The Bertz CT molecular complexity index is 2380. The van der Waals surface area contributed by atoms with Crippen LogP contribution in [-0.2, 0) is 32.7 Å². The number of nitrogens with zero attached hydrogens (tertiary/aromatic N) is 2. The van der Waals surface area contributed by atoms with Crippen molar-refractivity contribution in [1.82, 2.24) is 20.1 Å². The van der Waals surface area contributed by atoms with Crippen molar-refractivity contribution in [2.45, 2.75) is 74.8 Å². The van der Waals surface area contributed by atoms with Crippen LogP contribution >= 0.6 is 11.8 Å². The first-order chi connectivity index (χ1) is 27.5. The number of aromatic amines is 1. The molecule has 1 unspecified atom stereocenters. The zero-order valence-electron chi connectivity index (χ0n) is 32.7. The molecule has 3 aromatic carbocycles. The van der Waals surface area contributed by atoms with E-state index < -0.39 is 41.1 Å². The lowest BCUT2D eigenvalue weighted by Crippen LogP contribution is -2.69. The van der Waals surface area contributed by atoms with E-state index in [1.54, 1.807) is 26.0 Å². The van der Waals surface area contributed by atoms with Gasteiger partial charge in [-0.05, 0) is 68.6 Å². The summed E-state index contributed by atoms with van der Waals surface area (Å²) in [6, 6.07) is 5.92. The molecule has 0 amide bonds. The van der Waals surface area contributed by atoms with E-state index in [4.69, 9.17) is 28.4 Å². The van der Waals surface area contributed by atoms with Gasteiger partial charge in [-0.2, -0.15) is 0 Å². The van der Waals surface area contributed by atoms with Crippen LogP contribution in [0.25, 0.3) is 10.9 Å². The fourth-order valence-corrected chi connectivity index (χ4v) is 12.5. The summed E-state index contributed by atoms with van der Waals surface area (Å²) in [5.74, 6) is 2.16. The number of esters is 1. The fraction of sp³-hybridized carbons (Fsp3) is 0.476. The molecule has 14 nitrogen and oxygen atoms in total. The molecule has 1 fully saturated rings. The molecular weight excluding hydrogens is 753 g/mol. The number of piperazine rings is 1. The monoisotopic (exact) mass is 798 g/mol. The number of thioether (sulfide) groups is 1. The number of Topliss-reactive ketones (excluding diaryl/α,β-unsaturated/α-hetero) is 1. The third kappa shape index (κ3) is 5.08. The van der Waals surface area contributed by atoms with E-state index in [0.29, 0.717) is 53.5 Å². The summed E-state index contributed by atoms with van der Waals surface area (Å²) in [5, 5.41) is 28.9. The molecule has 4 bridgehead atoms. The number of aromatic hydroxyl groups is 1. The Hall–Kier alpha value is -4.51. The number of fused-ring (bicyclic) bond motifs is 13. The molecule has 0 radical (unpaired) electrons. The summed E-state index contributed by atoms with van der Waals surface area (Å²) in [5.41, 5.74) is 6.03. The second-order valence-electron chi connectivity index (χ2n) is 16.0. The number of methoxy groups -OCH3 is 2. The number of phenols is 1. The van der Waals surface area contributed by atoms with Crippen LogP contribution in [0.2, 0.25) is 0 Å². The van der Waals surface area contributed by atoms with Gasteiger partial charge in [0, 0.05) is 64.1 Å². The molecule has 1 spiro atoms. The Balaban J connectivity index is 1.24. The molecule has 1 aromatic heterocycles. The third-order valence-electron chi connectivity index (χ3n) is 13.2. The number of carbonyl (C=O) groups is 2. The number of hydrogen-bond acceptors (Lipinski definition) is 14. The van der Waals surface area contributed by atoms with Gasteiger partial charge in [0.05, 0.1) is 44.2 Å². The zero-order chi connectivity index (χ0) is 39.7. The SMILES string of the molecule is COc1ccc2[nH]c3c(c2c1)CCN[C@]31CS[C@@H]2c3c(OC(C)=O)c(C)c4c(c3[C@H](COCC1=O)N1C2[C@@H]2c3c(cc(C)c(OC)c3O)C[C@H]([C@@H]1O)N2C)OCO4. The Kier molecular flexibility index (Phi) is 8.56. The highest BCUT2D eigenvalue weighted by Gasteiger charge is 2.61. The maximum absolute atomic E-state index is 14.9. The number of ether oxygens (including phenoxy) is 6. The molecule has 4 N–H and O–H groups in total. The number of aromatic nitrogens is 1. The Morgan fingerprint density at radius 3 is 2.65 bits per heavy atom. The molecule has 57 heavy (non-hydrogen) atoms. The van der Waals surface area contributed by atoms with Crippen LogP contribution in [0.3, 0.4) is 0 Å². The topological polar surface area (TPSA) is 164 Å². The minimum atomic E-state index is -1.19. The van der Waals surface area contributed by atoms with E-state index in [2.05, 4.69) is 26.2 Å². The van der Waals surface area contributed by atoms with Crippen LogP contribution in [0.5, 0.6) is 34.5 Å². The number of aliphatic hydroxyl groups excluding tert-OH is 1. The molecule has 6 aliphatic heterocycles. The van der Waals surface area contributed by atoms with Crippen molar-refractivity contribution >= 4 is 34.4 Å². The van der Waals surface area contributed by atoms with E-state index in [1.165, 1.54) is 6.92 Å². The molecule has 7 heterocycles. The normalized spacial score (nSPS) is 29.0. The van der Waals surface area contributed by atoms with Gasteiger partial charge < -0.3 is 43.6 Å². The molecule has 300 valence electrons. The predicted molar refractivity (Wildman–Crippen MR) is 210 cm³/mol. The van der Waals surface area contributed by atoms with Gasteiger partial charge in [-0.15, -0.1) is 11.8 Å². The average Bonchev–Trinajstić information content (AvgIpc) is 3.83. The number of phenolic OH excluding ortho intramolecular Hbond substituents is 1. The van der Waals surface area contributed by atoms with Gasteiger partial charge in [-0.3, -0.25) is 24.7 Å². The van der Waals surface area contributed by atoms with Crippen LogP contribution in [0, 0.1) is 13.8 Å². The van der Waals surface area contributed by atoms with Gasteiger partial charge in [-0.25, -0.2) is 0 Å². The first-order valence-corrected chi connectivity index (χ1v) is 20.4. The number of ketones is 1. The van der Waals surface area contributed by atoms with Gasteiger partial charge in [0.1, 0.15) is 29.9 Å². The lowest BCUT2D eigenvalue weighted by Gasteiger charge is -2.61. The van der Waals surface area contributed by atoms with Crippen LogP contribution in [0.1, 0.15) is 68.9 Å². The highest BCUT2D eigenvalue weighted by Crippen LogP contribution is 2.64. The van der Waals surface area contributed by atoms with Gasteiger partial charge in [0.2, 0.25) is 6.79 Å². The van der Waals surface area contributed by atoms with Crippen LogP contribution < -0.4 is 29.0 Å². The van der Waals surface area contributed by atoms with Crippen molar-refractivity contribution in [3.8, 4) is 34.5 Å². The van der Waals surface area contributed by atoms with Gasteiger partial charge >= 0.3 is 5.97 Å². The summed E-state index contributed by atoms with van der Waals surface area (Å²) >= 11 is 1.56. The molecule has 15 heteroatoms. The van der Waals surface area contributed by atoms with E-state index in [0.717, 1.165) is 50.2 Å². The molecule has 6 aliphatic rings. The number of benzene rings is 3. The number of carbonyl (C=O) groups excluding carboxylic acids is 2. The number of rotatable bonds is 3. The van der Waals surface area contributed by atoms with Gasteiger partial charge in [0.15, 0.2) is 28.8 Å². The van der Waals surface area contributed by atoms with E-state index in [-0.39, 0.29) is 43.3 Å². The first kappa shape index (κ1) is 36.8. The van der Waals surface area contributed by atoms with Crippen molar-refractivity contribution < 1.29 is 48.2 Å². The molecular formula is C42H46N4O10S. The van der Waals surface area contributed by atoms with Crippen molar-refractivity contribution in [3.63, 3.8) is 0 Å².